The Labute approximate surface area is 157 Å². The summed E-state index contributed by atoms with van der Waals surface area (Å²) in [5, 5.41) is 16.6. The van der Waals surface area contributed by atoms with Crippen LogP contribution in [0.1, 0.15) is 30.4 Å². The van der Waals surface area contributed by atoms with Crippen LogP contribution < -0.4 is 15.4 Å². The molecule has 136 valence electrons. The molecule has 1 aromatic heterocycles. The fourth-order valence-electron chi connectivity index (χ4n) is 2.24. The zero-order valence-electron chi connectivity index (χ0n) is 14.5. The lowest BCUT2D eigenvalue weighted by Crippen LogP contribution is -2.39. The summed E-state index contributed by atoms with van der Waals surface area (Å²) in [7, 11) is 0. The minimum atomic E-state index is -0.628. The molecule has 0 fully saturated rings. The van der Waals surface area contributed by atoms with E-state index in [0.717, 1.165) is 22.7 Å². The summed E-state index contributed by atoms with van der Waals surface area (Å²) in [5.41, 5.74) is 1.02. The van der Waals surface area contributed by atoms with Gasteiger partial charge in [0.25, 0.3) is 0 Å². The molecule has 0 saturated heterocycles. The third-order valence-corrected chi connectivity index (χ3v) is 4.74. The fourth-order valence-corrected chi connectivity index (χ4v) is 3.29. The number of aliphatic hydroxyl groups excluding tert-OH is 1. The summed E-state index contributed by atoms with van der Waals surface area (Å²) in [6, 6.07) is 11.5. The second-order valence-electron chi connectivity index (χ2n) is 5.27. The van der Waals surface area contributed by atoms with Gasteiger partial charge in [0.1, 0.15) is 11.9 Å². The fraction of sp³-hybridized carbons (Fsp3) is 0.389. The molecule has 3 N–H and O–H groups in total. The topological polar surface area (TPSA) is 65.9 Å². The van der Waals surface area contributed by atoms with Gasteiger partial charge in [-0.2, -0.15) is 0 Å². The van der Waals surface area contributed by atoms with Crippen LogP contribution in [0.4, 0.5) is 0 Å². The molecule has 1 aromatic carbocycles. The van der Waals surface area contributed by atoms with E-state index in [1.807, 2.05) is 44.2 Å². The van der Waals surface area contributed by atoms with Crippen molar-refractivity contribution in [1.29, 1.82) is 0 Å². The Hall–Kier alpha value is -1.76. The van der Waals surface area contributed by atoms with E-state index in [4.69, 9.17) is 16.3 Å². The van der Waals surface area contributed by atoms with Gasteiger partial charge in [0.2, 0.25) is 0 Å². The van der Waals surface area contributed by atoms with E-state index >= 15 is 0 Å². The van der Waals surface area contributed by atoms with Crippen molar-refractivity contribution in [3.05, 3.63) is 51.2 Å². The van der Waals surface area contributed by atoms with Crippen molar-refractivity contribution in [3.8, 4) is 5.75 Å². The second kappa shape index (κ2) is 10.3. The van der Waals surface area contributed by atoms with Gasteiger partial charge in [-0.1, -0.05) is 29.8 Å². The van der Waals surface area contributed by atoms with Gasteiger partial charge >= 0.3 is 0 Å². The summed E-state index contributed by atoms with van der Waals surface area (Å²) in [6.45, 7) is 6.17. The van der Waals surface area contributed by atoms with Gasteiger partial charge < -0.3 is 20.5 Å². The molecule has 0 bridgehead atoms. The number of benzene rings is 1. The van der Waals surface area contributed by atoms with Crippen molar-refractivity contribution in [1.82, 2.24) is 10.6 Å². The molecule has 2 aromatic rings. The number of rotatable bonds is 8. The number of para-hydroxylation sites is 1. The molecular weight excluding hydrogens is 358 g/mol. The third kappa shape index (κ3) is 6.23. The summed E-state index contributed by atoms with van der Waals surface area (Å²) in [6.07, 6.45) is -0.628. The van der Waals surface area contributed by atoms with E-state index in [9.17, 15) is 5.11 Å². The molecule has 1 heterocycles. The van der Waals surface area contributed by atoms with Gasteiger partial charge in [0.15, 0.2) is 5.96 Å². The Kier molecular flexibility index (Phi) is 8.04. The predicted octanol–water partition coefficient (Wildman–Crippen LogP) is 3.59. The SMILES string of the molecule is CCNC(=NCc1ccccc1OCC)NCC(O)c1ccc(Cl)s1. The maximum absolute atomic E-state index is 10.2. The number of aliphatic imine (C=N–C) groups is 1. The van der Waals surface area contributed by atoms with E-state index in [-0.39, 0.29) is 0 Å². The molecule has 2 rings (SSSR count). The van der Waals surface area contributed by atoms with Gasteiger partial charge in [0.05, 0.1) is 17.5 Å². The lowest BCUT2D eigenvalue weighted by atomic mass is 10.2. The number of nitrogens with one attached hydrogen (secondary N) is 2. The normalized spacial score (nSPS) is 12.7. The van der Waals surface area contributed by atoms with Gasteiger partial charge in [-0.3, -0.25) is 0 Å². The van der Waals surface area contributed by atoms with Crippen LogP contribution in [0.3, 0.4) is 0 Å². The highest BCUT2D eigenvalue weighted by Crippen LogP contribution is 2.26. The first kappa shape index (κ1) is 19.6. The maximum atomic E-state index is 10.2. The number of halogens is 1. The number of nitrogens with zero attached hydrogens (tertiary/aromatic N) is 1. The molecule has 7 heteroatoms. The van der Waals surface area contributed by atoms with Crippen molar-refractivity contribution >= 4 is 28.9 Å². The summed E-state index contributed by atoms with van der Waals surface area (Å²) in [5.74, 6) is 1.49. The predicted molar refractivity (Wildman–Crippen MR) is 105 cm³/mol. The van der Waals surface area contributed by atoms with E-state index in [1.165, 1.54) is 11.3 Å². The smallest absolute Gasteiger partial charge is 0.191 e. The van der Waals surface area contributed by atoms with Crippen LogP contribution in [0.2, 0.25) is 4.34 Å². The Balaban J connectivity index is 1.98. The average molecular weight is 382 g/mol. The number of guanidine groups is 1. The van der Waals surface area contributed by atoms with Crippen LogP contribution in [0.25, 0.3) is 0 Å². The highest BCUT2D eigenvalue weighted by atomic mass is 35.5. The van der Waals surface area contributed by atoms with E-state index in [2.05, 4.69) is 15.6 Å². The lowest BCUT2D eigenvalue weighted by molar-refractivity contribution is 0.184. The summed E-state index contributed by atoms with van der Waals surface area (Å²) < 4.78 is 6.30. The van der Waals surface area contributed by atoms with Crippen LogP contribution in [0.15, 0.2) is 41.4 Å². The van der Waals surface area contributed by atoms with Crippen molar-refractivity contribution in [3.63, 3.8) is 0 Å². The number of aliphatic hydroxyl groups is 1. The van der Waals surface area contributed by atoms with E-state index in [1.54, 1.807) is 6.07 Å². The van der Waals surface area contributed by atoms with Crippen LogP contribution in [0, 0.1) is 0 Å². The largest absolute Gasteiger partial charge is 0.494 e. The molecule has 1 unspecified atom stereocenters. The Morgan fingerprint density at radius 2 is 2.04 bits per heavy atom. The van der Waals surface area contributed by atoms with Gasteiger partial charge in [-0.25, -0.2) is 4.99 Å². The molecule has 0 aliphatic rings. The van der Waals surface area contributed by atoms with Crippen LogP contribution >= 0.6 is 22.9 Å². The van der Waals surface area contributed by atoms with E-state index in [0.29, 0.717) is 30.0 Å². The zero-order chi connectivity index (χ0) is 18.1. The van der Waals surface area contributed by atoms with E-state index < -0.39 is 6.10 Å². The molecule has 25 heavy (non-hydrogen) atoms. The Bertz CT molecular complexity index is 690. The second-order valence-corrected chi connectivity index (χ2v) is 7.02. The summed E-state index contributed by atoms with van der Waals surface area (Å²) in [4.78, 5) is 5.41. The van der Waals surface area contributed by atoms with Crippen molar-refractivity contribution in [2.45, 2.75) is 26.5 Å². The zero-order valence-corrected chi connectivity index (χ0v) is 16.0. The quantitative estimate of drug-likeness (QED) is 0.483. The van der Waals surface area contributed by atoms with Crippen molar-refractivity contribution < 1.29 is 9.84 Å². The number of thiophene rings is 1. The Morgan fingerprint density at radius 3 is 2.72 bits per heavy atom. The van der Waals surface area contributed by atoms with Crippen LogP contribution in [-0.2, 0) is 6.54 Å². The van der Waals surface area contributed by atoms with Gasteiger partial charge in [-0.15, -0.1) is 11.3 Å². The molecule has 0 saturated carbocycles. The highest BCUT2D eigenvalue weighted by Gasteiger charge is 2.11. The average Bonchev–Trinajstić information content (AvgIpc) is 3.05. The molecule has 0 amide bonds. The number of hydrogen-bond donors (Lipinski definition) is 3. The number of ether oxygens (including phenoxy) is 1. The van der Waals surface area contributed by atoms with Gasteiger partial charge in [-0.05, 0) is 32.0 Å². The maximum Gasteiger partial charge on any atom is 0.191 e. The molecular formula is C18H24ClN3O2S. The first-order valence-corrected chi connectivity index (χ1v) is 9.49. The van der Waals surface area contributed by atoms with Crippen molar-refractivity contribution in [2.24, 2.45) is 4.99 Å². The summed E-state index contributed by atoms with van der Waals surface area (Å²) >= 11 is 7.29. The molecule has 1 atom stereocenters. The monoisotopic (exact) mass is 381 g/mol. The lowest BCUT2D eigenvalue weighted by Gasteiger charge is -2.15. The molecule has 0 aliphatic carbocycles. The third-order valence-electron chi connectivity index (χ3n) is 3.41. The minimum Gasteiger partial charge on any atom is -0.494 e. The molecule has 0 aliphatic heterocycles. The molecule has 0 spiro atoms. The molecule has 0 radical (unpaired) electrons. The van der Waals surface area contributed by atoms with Crippen LogP contribution in [-0.4, -0.2) is 30.8 Å². The van der Waals surface area contributed by atoms with Crippen LogP contribution in [0.5, 0.6) is 5.75 Å². The standard InChI is InChI=1S/C18H24ClN3O2S/c1-3-20-18(22-12-14(23)16-9-10-17(19)25-16)21-11-13-7-5-6-8-15(13)24-4-2/h5-10,14,23H,3-4,11-12H2,1-2H3,(H2,20,21,22). The first-order chi connectivity index (χ1) is 12.1. The van der Waals surface area contributed by atoms with Gasteiger partial charge in [0, 0.05) is 23.5 Å². The number of hydrogen-bond acceptors (Lipinski definition) is 4. The Morgan fingerprint density at radius 1 is 1.24 bits per heavy atom. The minimum absolute atomic E-state index is 0.357. The highest BCUT2D eigenvalue weighted by molar-refractivity contribution is 7.16. The van der Waals surface area contributed by atoms with Crippen molar-refractivity contribution in [2.75, 3.05) is 19.7 Å². The first-order valence-electron chi connectivity index (χ1n) is 8.30. The molecule has 5 nitrogen and oxygen atoms in total.